The highest BCUT2D eigenvalue weighted by Gasteiger charge is 2.23. The van der Waals surface area contributed by atoms with E-state index >= 15 is 0 Å². The number of ether oxygens (including phenoxy) is 1. The zero-order valence-electron chi connectivity index (χ0n) is 15.5. The fraction of sp³-hybridized carbons (Fsp3) is 0.381. The van der Waals surface area contributed by atoms with Gasteiger partial charge in [0.15, 0.2) is 0 Å². The van der Waals surface area contributed by atoms with Gasteiger partial charge in [0.05, 0.1) is 12.0 Å². The number of amides is 1. The number of carbonyl (C=O) groups is 1. The van der Waals surface area contributed by atoms with Crippen molar-refractivity contribution in [3.8, 4) is 5.75 Å². The number of hydrogen-bond acceptors (Lipinski definition) is 4. The summed E-state index contributed by atoms with van der Waals surface area (Å²) in [6.07, 6.45) is 4.14. The molecular weight excluding hydrogens is 344 g/mol. The molecule has 6 heteroatoms. The van der Waals surface area contributed by atoms with Crippen molar-refractivity contribution in [2.45, 2.75) is 25.7 Å². The van der Waals surface area contributed by atoms with Crippen LogP contribution in [0.15, 0.2) is 48.5 Å². The number of aryl methyl sites for hydroxylation is 1. The third-order valence-corrected chi connectivity index (χ3v) is 5.23. The molecule has 0 unspecified atom stereocenters. The summed E-state index contributed by atoms with van der Waals surface area (Å²) in [5, 5.41) is 10.7. The van der Waals surface area contributed by atoms with Crippen molar-refractivity contribution in [1.29, 1.82) is 0 Å². The van der Waals surface area contributed by atoms with Crippen LogP contribution in [0.3, 0.4) is 0 Å². The standard InChI is InChI=1S/C21H24N2O4/c1-27-20-10-4-16(5-11-20)2-3-17-12-14-22(15-13-17)21(24)18-6-8-19(9-7-18)23(25)26/h4-11,17H,2-3,12-15H2,1H3. The van der Waals surface area contributed by atoms with E-state index in [-0.39, 0.29) is 11.6 Å². The molecule has 0 N–H and O–H groups in total. The van der Waals surface area contributed by atoms with Crippen LogP contribution in [0, 0.1) is 16.0 Å². The van der Waals surface area contributed by atoms with Gasteiger partial charge in [-0.05, 0) is 61.4 Å². The van der Waals surface area contributed by atoms with Crippen molar-refractivity contribution in [2.24, 2.45) is 5.92 Å². The number of non-ortho nitro benzene ring substituents is 1. The van der Waals surface area contributed by atoms with Gasteiger partial charge in [0.1, 0.15) is 5.75 Å². The zero-order chi connectivity index (χ0) is 19.2. The van der Waals surface area contributed by atoms with Gasteiger partial charge in [0.2, 0.25) is 0 Å². The van der Waals surface area contributed by atoms with Gasteiger partial charge in [-0.2, -0.15) is 0 Å². The Kier molecular flexibility index (Phi) is 6.06. The van der Waals surface area contributed by atoms with Gasteiger partial charge in [0, 0.05) is 30.8 Å². The molecule has 1 heterocycles. The summed E-state index contributed by atoms with van der Waals surface area (Å²) in [5.41, 5.74) is 1.82. The third-order valence-electron chi connectivity index (χ3n) is 5.23. The maximum atomic E-state index is 12.6. The summed E-state index contributed by atoms with van der Waals surface area (Å²) in [4.78, 5) is 24.7. The fourth-order valence-electron chi connectivity index (χ4n) is 3.50. The summed E-state index contributed by atoms with van der Waals surface area (Å²) >= 11 is 0. The SMILES string of the molecule is COc1ccc(CCC2CCN(C(=O)c3ccc([N+](=O)[O-])cc3)CC2)cc1. The highest BCUT2D eigenvalue weighted by molar-refractivity contribution is 5.94. The van der Waals surface area contributed by atoms with E-state index < -0.39 is 4.92 Å². The molecule has 0 aromatic heterocycles. The molecule has 6 nitrogen and oxygen atoms in total. The van der Waals surface area contributed by atoms with Gasteiger partial charge in [-0.15, -0.1) is 0 Å². The Morgan fingerprint density at radius 2 is 1.74 bits per heavy atom. The number of benzene rings is 2. The van der Waals surface area contributed by atoms with Gasteiger partial charge < -0.3 is 9.64 Å². The highest BCUT2D eigenvalue weighted by atomic mass is 16.6. The van der Waals surface area contributed by atoms with Crippen LogP contribution in [0.2, 0.25) is 0 Å². The first-order valence-corrected chi connectivity index (χ1v) is 9.23. The number of carbonyl (C=O) groups excluding carboxylic acids is 1. The minimum absolute atomic E-state index is 0.00351. The number of rotatable bonds is 6. The van der Waals surface area contributed by atoms with E-state index in [0.717, 1.165) is 44.5 Å². The molecule has 1 aliphatic rings. The lowest BCUT2D eigenvalue weighted by Gasteiger charge is -2.32. The van der Waals surface area contributed by atoms with Crippen LogP contribution in [0.5, 0.6) is 5.75 Å². The molecule has 27 heavy (non-hydrogen) atoms. The molecule has 0 atom stereocenters. The van der Waals surface area contributed by atoms with Crippen molar-refractivity contribution in [2.75, 3.05) is 20.2 Å². The second-order valence-corrected chi connectivity index (χ2v) is 6.93. The number of piperidine rings is 1. The summed E-state index contributed by atoms with van der Waals surface area (Å²) in [7, 11) is 1.67. The lowest BCUT2D eigenvalue weighted by molar-refractivity contribution is -0.384. The van der Waals surface area contributed by atoms with E-state index in [1.54, 1.807) is 7.11 Å². The van der Waals surface area contributed by atoms with Crippen molar-refractivity contribution < 1.29 is 14.5 Å². The van der Waals surface area contributed by atoms with Crippen molar-refractivity contribution in [1.82, 2.24) is 4.90 Å². The van der Waals surface area contributed by atoms with Crippen LogP contribution >= 0.6 is 0 Å². The molecule has 0 saturated carbocycles. The van der Waals surface area contributed by atoms with Crippen LogP contribution in [0.1, 0.15) is 35.2 Å². The van der Waals surface area contributed by atoms with Gasteiger partial charge in [0.25, 0.3) is 11.6 Å². The van der Waals surface area contributed by atoms with E-state index in [1.807, 2.05) is 17.0 Å². The first-order valence-electron chi connectivity index (χ1n) is 9.23. The van der Waals surface area contributed by atoms with Crippen LogP contribution in [-0.2, 0) is 6.42 Å². The van der Waals surface area contributed by atoms with Gasteiger partial charge in [-0.1, -0.05) is 12.1 Å². The van der Waals surface area contributed by atoms with Crippen molar-refractivity contribution in [3.05, 3.63) is 69.8 Å². The zero-order valence-corrected chi connectivity index (χ0v) is 15.5. The molecule has 0 spiro atoms. The number of nitro groups is 1. The topological polar surface area (TPSA) is 72.7 Å². The Balaban J connectivity index is 1.47. The largest absolute Gasteiger partial charge is 0.497 e. The predicted molar refractivity (Wildman–Crippen MR) is 103 cm³/mol. The normalized spacial score (nSPS) is 14.8. The second kappa shape index (κ2) is 8.66. The van der Waals surface area contributed by atoms with Crippen LogP contribution in [0.25, 0.3) is 0 Å². The molecule has 3 rings (SSSR count). The minimum atomic E-state index is -0.456. The second-order valence-electron chi connectivity index (χ2n) is 6.93. The summed E-state index contributed by atoms with van der Waals surface area (Å²) in [5.74, 6) is 1.45. The van der Waals surface area contributed by atoms with Crippen LogP contribution in [0.4, 0.5) is 5.69 Å². The van der Waals surface area contributed by atoms with Gasteiger partial charge in [-0.25, -0.2) is 0 Å². The molecular formula is C21H24N2O4. The first-order chi connectivity index (χ1) is 13.1. The molecule has 1 aliphatic heterocycles. The highest BCUT2D eigenvalue weighted by Crippen LogP contribution is 2.24. The molecule has 1 fully saturated rings. The molecule has 142 valence electrons. The first kappa shape index (κ1) is 18.9. The monoisotopic (exact) mass is 368 g/mol. The Bertz CT molecular complexity index is 779. The number of likely N-dealkylation sites (tertiary alicyclic amines) is 1. The lowest BCUT2D eigenvalue weighted by Crippen LogP contribution is -2.38. The van der Waals surface area contributed by atoms with Crippen molar-refractivity contribution >= 4 is 11.6 Å². The molecule has 2 aromatic rings. The Morgan fingerprint density at radius 3 is 2.30 bits per heavy atom. The quantitative estimate of drug-likeness (QED) is 0.569. The number of methoxy groups -OCH3 is 1. The number of nitro benzene ring substituents is 1. The van der Waals surface area contributed by atoms with Crippen LogP contribution < -0.4 is 4.74 Å². The Morgan fingerprint density at radius 1 is 1.11 bits per heavy atom. The Labute approximate surface area is 158 Å². The third kappa shape index (κ3) is 4.84. The van der Waals surface area contributed by atoms with E-state index in [9.17, 15) is 14.9 Å². The predicted octanol–water partition coefficient (Wildman–Crippen LogP) is 4.09. The molecule has 0 radical (unpaired) electrons. The smallest absolute Gasteiger partial charge is 0.269 e. The molecule has 1 amide bonds. The summed E-state index contributed by atoms with van der Waals surface area (Å²) < 4.78 is 5.18. The average molecular weight is 368 g/mol. The fourth-order valence-corrected chi connectivity index (χ4v) is 3.50. The van der Waals surface area contributed by atoms with E-state index in [0.29, 0.717) is 11.5 Å². The van der Waals surface area contributed by atoms with E-state index in [1.165, 1.54) is 29.8 Å². The summed E-state index contributed by atoms with van der Waals surface area (Å²) in [6, 6.07) is 14.0. The number of nitrogens with zero attached hydrogens (tertiary/aromatic N) is 2. The van der Waals surface area contributed by atoms with Gasteiger partial charge in [-0.3, -0.25) is 14.9 Å². The maximum absolute atomic E-state index is 12.6. The molecule has 0 aliphatic carbocycles. The molecule has 0 bridgehead atoms. The minimum Gasteiger partial charge on any atom is -0.497 e. The van der Waals surface area contributed by atoms with E-state index in [2.05, 4.69) is 12.1 Å². The maximum Gasteiger partial charge on any atom is 0.269 e. The van der Waals surface area contributed by atoms with Crippen molar-refractivity contribution in [3.63, 3.8) is 0 Å². The van der Waals surface area contributed by atoms with E-state index in [4.69, 9.17) is 4.74 Å². The number of hydrogen-bond donors (Lipinski definition) is 0. The lowest BCUT2D eigenvalue weighted by atomic mass is 9.90. The summed E-state index contributed by atoms with van der Waals surface area (Å²) in [6.45, 7) is 1.48. The van der Waals surface area contributed by atoms with Gasteiger partial charge >= 0.3 is 0 Å². The molecule has 2 aromatic carbocycles. The Hall–Kier alpha value is -2.89. The molecule has 1 saturated heterocycles. The average Bonchev–Trinajstić information content (AvgIpc) is 2.72. The van der Waals surface area contributed by atoms with Crippen LogP contribution in [-0.4, -0.2) is 35.9 Å².